The average Bonchev–Trinajstić information content (AvgIpc) is 2.37. The molecule has 0 saturated heterocycles. The summed E-state index contributed by atoms with van der Waals surface area (Å²) in [5.74, 6) is 0. The van der Waals surface area contributed by atoms with E-state index in [0.717, 1.165) is 6.54 Å². The molecule has 120 valence electrons. The first-order valence-electron chi connectivity index (χ1n) is 8.59. The smallest absolute Gasteiger partial charge is 0.0125 e. The SMILES string of the molecule is CCNC(C)(C)CCCCCc1cccc(C(C)(C)C)c1. The number of rotatable bonds is 8. The second-order valence-corrected chi connectivity index (χ2v) is 7.93. The van der Waals surface area contributed by atoms with Crippen LogP contribution in [0.2, 0.25) is 0 Å². The van der Waals surface area contributed by atoms with E-state index in [1.807, 2.05) is 0 Å². The molecule has 0 spiro atoms. The molecule has 21 heavy (non-hydrogen) atoms. The molecule has 0 saturated carbocycles. The maximum absolute atomic E-state index is 3.55. The van der Waals surface area contributed by atoms with Crippen LogP contribution in [0, 0.1) is 0 Å². The average molecular weight is 290 g/mol. The van der Waals surface area contributed by atoms with Gasteiger partial charge < -0.3 is 5.32 Å². The van der Waals surface area contributed by atoms with E-state index in [1.165, 1.54) is 43.2 Å². The number of unbranched alkanes of at least 4 members (excludes halogenated alkanes) is 2. The molecule has 1 heteroatoms. The van der Waals surface area contributed by atoms with E-state index in [2.05, 4.69) is 71.1 Å². The van der Waals surface area contributed by atoms with Crippen molar-refractivity contribution < 1.29 is 0 Å². The van der Waals surface area contributed by atoms with Gasteiger partial charge in [0.2, 0.25) is 0 Å². The highest BCUT2D eigenvalue weighted by atomic mass is 14.9. The Balaban J connectivity index is 2.34. The zero-order chi connectivity index (χ0) is 15.9. The number of hydrogen-bond acceptors (Lipinski definition) is 1. The van der Waals surface area contributed by atoms with Gasteiger partial charge in [0.05, 0.1) is 0 Å². The monoisotopic (exact) mass is 289 g/mol. The fourth-order valence-corrected chi connectivity index (χ4v) is 2.83. The Labute approximate surface area is 132 Å². The van der Waals surface area contributed by atoms with Gasteiger partial charge in [0.25, 0.3) is 0 Å². The minimum Gasteiger partial charge on any atom is -0.312 e. The van der Waals surface area contributed by atoms with Crippen LogP contribution in [-0.2, 0) is 11.8 Å². The van der Waals surface area contributed by atoms with Crippen molar-refractivity contribution in [1.82, 2.24) is 5.32 Å². The first-order valence-corrected chi connectivity index (χ1v) is 8.59. The maximum Gasteiger partial charge on any atom is 0.0125 e. The Morgan fingerprint density at radius 2 is 1.67 bits per heavy atom. The Hall–Kier alpha value is -0.820. The normalized spacial score (nSPS) is 12.7. The van der Waals surface area contributed by atoms with Gasteiger partial charge in [0, 0.05) is 5.54 Å². The fourth-order valence-electron chi connectivity index (χ4n) is 2.83. The van der Waals surface area contributed by atoms with Gasteiger partial charge in [-0.25, -0.2) is 0 Å². The lowest BCUT2D eigenvalue weighted by Gasteiger charge is -2.25. The molecule has 1 aromatic carbocycles. The second-order valence-electron chi connectivity index (χ2n) is 7.93. The zero-order valence-corrected chi connectivity index (χ0v) is 15.1. The molecular formula is C20H35N. The van der Waals surface area contributed by atoms with Crippen LogP contribution in [0.4, 0.5) is 0 Å². The summed E-state index contributed by atoms with van der Waals surface area (Å²) in [5, 5.41) is 3.55. The minimum atomic E-state index is 0.256. The lowest BCUT2D eigenvalue weighted by Crippen LogP contribution is -2.38. The summed E-state index contributed by atoms with van der Waals surface area (Å²) >= 11 is 0. The van der Waals surface area contributed by atoms with Gasteiger partial charge in [-0.3, -0.25) is 0 Å². The van der Waals surface area contributed by atoms with Crippen LogP contribution < -0.4 is 5.32 Å². The standard InChI is InChI=1S/C20H35N/c1-7-21-20(5,6)15-10-8-9-12-17-13-11-14-18(16-17)19(2,3)4/h11,13-14,16,21H,7-10,12,15H2,1-6H3. The molecule has 1 nitrogen and oxygen atoms in total. The van der Waals surface area contributed by atoms with Crippen molar-refractivity contribution in [3.8, 4) is 0 Å². The third-order valence-electron chi connectivity index (χ3n) is 4.22. The van der Waals surface area contributed by atoms with E-state index in [9.17, 15) is 0 Å². The molecule has 0 atom stereocenters. The zero-order valence-electron chi connectivity index (χ0n) is 15.1. The molecule has 1 rings (SSSR count). The van der Waals surface area contributed by atoms with Crippen molar-refractivity contribution in [2.45, 2.75) is 84.6 Å². The van der Waals surface area contributed by atoms with Crippen LogP contribution in [0.5, 0.6) is 0 Å². The van der Waals surface area contributed by atoms with E-state index >= 15 is 0 Å². The molecule has 0 aliphatic carbocycles. The minimum absolute atomic E-state index is 0.256. The number of aryl methyl sites for hydroxylation is 1. The molecule has 0 heterocycles. The van der Waals surface area contributed by atoms with Gasteiger partial charge in [-0.05, 0) is 56.2 Å². The van der Waals surface area contributed by atoms with Crippen LogP contribution in [-0.4, -0.2) is 12.1 Å². The van der Waals surface area contributed by atoms with Crippen molar-refractivity contribution in [3.63, 3.8) is 0 Å². The summed E-state index contributed by atoms with van der Waals surface area (Å²) < 4.78 is 0. The first-order chi connectivity index (χ1) is 9.74. The van der Waals surface area contributed by atoms with E-state index in [-0.39, 0.29) is 5.41 Å². The predicted octanol–water partition coefficient (Wildman–Crippen LogP) is 5.48. The summed E-state index contributed by atoms with van der Waals surface area (Å²) in [5.41, 5.74) is 3.49. The van der Waals surface area contributed by atoms with Gasteiger partial charge in [-0.1, -0.05) is 64.8 Å². The second kappa shape index (κ2) is 7.98. The lowest BCUT2D eigenvalue weighted by atomic mass is 9.85. The van der Waals surface area contributed by atoms with Crippen LogP contribution in [0.25, 0.3) is 0 Å². The third kappa shape index (κ3) is 7.13. The molecule has 1 N–H and O–H groups in total. The van der Waals surface area contributed by atoms with Crippen molar-refractivity contribution in [1.29, 1.82) is 0 Å². The molecule has 0 amide bonds. The molecule has 1 aromatic rings. The van der Waals surface area contributed by atoms with Gasteiger partial charge >= 0.3 is 0 Å². The van der Waals surface area contributed by atoms with E-state index in [4.69, 9.17) is 0 Å². The summed E-state index contributed by atoms with van der Waals surface area (Å²) in [6.07, 6.45) is 6.43. The number of hydrogen-bond donors (Lipinski definition) is 1. The molecule has 0 aromatic heterocycles. The van der Waals surface area contributed by atoms with Crippen molar-refractivity contribution in [2.75, 3.05) is 6.54 Å². The quantitative estimate of drug-likeness (QED) is 0.625. The largest absolute Gasteiger partial charge is 0.312 e. The van der Waals surface area contributed by atoms with Crippen LogP contribution >= 0.6 is 0 Å². The molecule has 0 aliphatic heterocycles. The molecule has 0 unspecified atom stereocenters. The number of nitrogens with one attached hydrogen (secondary N) is 1. The Morgan fingerprint density at radius 1 is 0.952 bits per heavy atom. The van der Waals surface area contributed by atoms with E-state index in [0.29, 0.717) is 5.54 Å². The van der Waals surface area contributed by atoms with Crippen molar-refractivity contribution in [2.24, 2.45) is 0 Å². The van der Waals surface area contributed by atoms with E-state index in [1.54, 1.807) is 0 Å². The van der Waals surface area contributed by atoms with Crippen molar-refractivity contribution in [3.05, 3.63) is 35.4 Å². The van der Waals surface area contributed by atoms with Crippen LogP contribution in [0.3, 0.4) is 0 Å². The lowest BCUT2D eigenvalue weighted by molar-refractivity contribution is 0.356. The molecule has 0 fully saturated rings. The van der Waals surface area contributed by atoms with Gasteiger partial charge in [0.15, 0.2) is 0 Å². The molecule has 0 bridgehead atoms. The summed E-state index contributed by atoms with van der Waals surface area (Å²) in [6, 6.07) is 9.13. The first kappa shape index (κ1) is 18.2. The van der Waals surface area contributed by atoms with Crippen LogP contribution in [0.15, 0.2) is 24.3 Å². The Morgan fingerprint density at radius 3 is 2.29 bits per heavy atom. The highest BCUT2D eigenvalue weighted by molar-refractivity contribution is 5.28. The van der Waals surface area contributed by atoms with Crippen LogP contribution in [0.1, 0.15) is 78.4 Å². The molecular weight excluding hydrogens is 254 g/mol. The summed E-state index contributed by atoms with van der Waals surface area (Å²) in [7, 11) is 0. The molecule has 0 aliphatic rings. The van der Waals surface area contributed by atoms with Gasteiger partial charge in [-0.15, -0.1) is 0 Å². The highest BCUT2D eigenvalue weighted by Crippen LogP contribution is 2.23. The number of benzene rings is 1. The maximum atomic E-state index is 3.55. The van der Waals surface area contributed by atoms with Gasteiger partial charge in [0.1, 0.15) is 0 Å². The Bertz CT molecular complexity index is 412. The van der Waals surface area contributed by atoms with Gasteiger partial charge in [-0.2, -0.15) is 0 Å². The topological polar surface area (TPSA) is 12.0 Å². The Kier molecular flexibility index (Phi) is 6.93. The molecule has 0 radical (unpaired) electrons. The highest BCUT2D eigenvalue weighted by Gasteiger charge is 2.15. The van der Waals surface area contributed by atoms with Crippen molar-refractivity contribution >= 4 is 0 Å². The fraction of sp³-hybridized carbons (Fsp3) is 0.700. The summed E-state index contributed by atoms with van der Waals surface area (Å²) in [4.78, 5) is 0. The third-order valence-corrected chi connectivity index (χ3v) is 4.22. The van der Waals surface area contributed by atoms with E-state index < -0.39 is 0 Å². The summed E-state index contributed by atoms with van der Waals surface area (Å²) in [6.45, 7) is 14.7. The predicted molar refractivity (Wildman–Crippen MR) is 95.1 cm³/mol.